The SMILES string of the molecule is CCOC(=O)c1n[nH]nc1-c1cccc(I)c1OC. The summed E-state index contributed by atoms with van der Waals surface area (Å²) in [4.78, 5) is 11.8. The number of benzene rings is 1. The minimum atomic E-state index is -0.507. The smallest absolute Gasteiger partial charge is 0.361 e. The Morgan fingerprint density at radius 3 is 2.89 bits per heavy atom. The Morgan fingerprint density at radius 2 is 2.21 bits per heavy atom. The highest BCUT2D eigenvalue weighted by atomic mass is 127. The molecular weight excluding hydrogens is 361 g/mol. The number of hydrogen-bond acceptors (Lipinski definition) is 5. The number of aromatic nitrogens is 3. The lowest BCUT2D eigenvalue weighted by Crippen LogP contribution is -2.07. The van der Waals surface area contributed by atoms with Gasteiger partial charge in [-0.05, 0) is 41.6 Å². The van der Waals surface area contributed by atoms with E-state index < -0.39 is 5.97 Å². The maximum absolute atomic E-state index is 11.8. The molecule has 0 spiro atoms. The molecule has 100 valence electrons. The van der Waals surface area contributed by atoms with Crippen molar-refractivity contribution in [2.24, 2.45) is 0 Å². The fraction of sp³-hybridized carbons (Fsp3) is 0.250. The summed E-state index contributed by atoms with van der Waals surface area (Å²) in [6, 6.07) is 5.60. The highest BCUT2D eigenvalue weighted by Gasteiger charge is 2.22. The summed E-state index contributed by atoms with van der Waals surface area (Å²) in [5, 5.41) is 10.3. The second-order valence-corrected chi connectivity index (χ2v) is 4.72. The van der Waals surface area contributed by atoms with Gasteiger partial charge in [0.25, 0.3) is 0 Å². The van der Waals surface area contributed by atoms with Gasteiger partial charge in [0.15, 0.2) is 5.69 Å². The largest absolute Gasteiger partial charge is 0.495 e. The first-order valence-electron chi connectivity index (χ1n) is 5.59. The van der Waals surface area contributed by atoms with E-state index >= 15 is 0 Å². The summed E-state index contributed by atoms with van der Waals surface area (Å²) in [7, 11) is 1.57. The molecule has 0 atom stereocenters. The standard InChI is InChI=1S/C12H12IN3O3/c1-3-19-12(17)10-9(14-16-15-10)7-5-4-6-8(13)11(7)18-2/h4-6H,3H2,1-2H3,(H,14,15,16). The van der Waals surface area contributed by atoms with Gasteiger partial charge in [0.1, 0.15) is 11.4 Å². The number of esters is 1. The van der Waals surface area contributed by atoms with Crippen LogP contribution in [0, 0.1) is 3.57 Å². The van der Waals surface area contributed by atoms with Crippen molar-refractivity contribution in [2.75, 3.05) is 13.7 Å². The molecular formula is C12H12IN3O3. The van der Waals surface area contributed by atoms with Gasteiger partial charge < -0.3 is 9.47 Å². The molecule has 6 nitrogen and oxygen atoms in total. The van der Waals surface area contributed by atoms with E-state index in [9.17, 15) is 4.79 Å². The van der Waals surface area contributed by atoms with Gasteiger partial charge in [-0.1, -0.05) is 6.07 Å². The van der Waals surface area contributed by atoms with E-state index in [1.54, 1.807) is 14.0 Å². The van der Waals surface area contributed by atoms with Gasteiger partial charge in [0.05, 0.1) is 17.3 Å². The van der Waals surface area contributed by atoms with E-state index in [4.69, 9.17) is 9.47 Å². The highest BCUT2D eigenvalue weighted by Crippen LogP contribution is 2.33. The minimum absolute atomic E-state index is 0.155. The molecule has 1 aromatic carbocycles. The first-order chi connectivity index (χ1) is 9.19. The van der Waals surface area contributed by atoms with Crippen LogP contribution in [-0.2, 0) is 4.74 Å². The fourth-order valence-corrected chi connectivity index (χ4v) is 2.38. The highest BCUT2D eigenvalue weighted by molar-refractivity contribution is 14.1. The number of H-pyrrole nitrogens is 1. The zero-order chi connectivity index (χ0) is 13.8. The maximum Gasteiger partial charge on any atom is 0.361 e. The number of rotatable bonds is 4. The van der Waals surface area contributed by atoms with Crippen LogP contribution in [0.5, 0.6) is 5.75 Å². The predicted molar refractivity (Wildman–Crippen MR) is 77.0 cm³/mol. The van der Waals surface area contributed by atoms with Gasteiger partial charge in [-0.3, -0.25) is 0 Å². The van der Waals surface area contributed by atoms with Crippen LogP contribution in [0.4, 0.5) is 0 Å². The van der Waals surface area contributed by atoms with Gasteiger partial charge in [-0.15, -0.1) is 5.10 Å². The van der Waals surface area contributed by atoms with E-state index in [-0.39, 0.29) is 12.3 Å². The van der Waals surface area contributed by atoms with Gasteiger partial charge in [-0.2, -0.15) is 10.3 Å². The molecule has 1 N–H and O–H groups in total. The van der Waals surface area contributed by atoms with Crippen molar-refractivity contribution in [3.05, 3.63) is 27.5 Å². The molecule has 0 radical (unpaired) electrons. The lowest BCUT2D eigenvalue weighted by atomic mass is 10.1. The van der Waals surface area contributed by atoms with Crippen LogP contribution in [0.25, 0.3) is 11.3 Å². The first-order valence-corrected chi connectivity index (χ1v) is 6.67. The molecule has 0 saturated heterocycles. The van der Waals surface area contributed by atoms with Crippen molar-refractivity contribution in [2.45, 2.75) is 6.92 Å². The van der Waals surface area contributed by atoms with Gasteiger partial charge in [0, 0.05) is 5.56 Å². The second-order valence-electron chi connectivity index (χ2n) is 3.56. The zero-order valence-corrected chi connectivity index (χ0v) is 12.6. The molecule has 0 fully saturated rings. The average Bonchev–Trinajstić information content (AvgIpc) is 2.87. The maximum atomic E-state index is 11.8. The van der Waals surface area contributed by atoms with Crippen LogP contribution in [0.1, 0.15) is 17.4 Å². The molecule has 2 rings (SSSR count). The molecule has 0 aliphatic heterocycles. The molecule has 0 saturated carbocycles. The number of aromatic amines is 1. The zero-order valence-electron chi connectivity index (χ0n) is 10.4. The lowest BCUT2D eigenvalue weighted by molar-refractivity contribution is 0.0520. The van der Waals surface area contributed by atoms with E-state index in [1.165, 1.54) is 0 Å². The van der Waals surface area contributed by atoms with Crippen LogP contribution >= 0.6 is 22.6 Å². The van der Waals surface area contributed by atoms with Crippen molar-refractivity contribution >= 4 is 28.6 Å². The molecule has 0 aliphatic rings. The molecule has 0 bridgehead atoms. The molecule has 2 aromatic rings. The van der Waals surface area contributed by atoms with Crippen LogP contribution < -0.4 is 4.74 Å². The quantitative estimate of drug-likeness (QED) is 0.657. The summed E-state index contributed by atoms with van der Waals surface area (Å²) >= 11 is 2.16. The number of methoxy groups -OCH3 is 1. The number of halogens is 1. The van der Waals surface area contributed by atoms with Crippen LogP contribution in [-0.4, -0.2) is 35.1 Å². The monoisotopic (exact) mass is 373 g/mol. The summed E-state index contributed by atoms with van der Waals surface area (Å²) < 4.78 is 11.2. The summed E-state index contributed by atoms with van der Waals surface area (Å²) in [6.07, 6.45) is 0. The van der Waals surface area contributed by atoms with E-state index in [0.29, 0.717) is 17.0 Å². The number of nitrogens with zero attached hydrogens (tertiary/aromatic N) is 2. The van der Waals surface area contributed by atoms with Gasteiger partial charge in [-0.25, -0.2) is 4.79 Å². The third-order valence-corrected chi connectivity index (χ3v) is 3.29. The number of ether oxygens (including phenoxy) is 2. The molecule has 7 heteroatoms. The number of carbonyl (C=O) groups is 1. The normalized spacial score (nSPS) is 10.3. The van der Waals surface area contributed by atoms with E-state index in [1.807, 2.05) is 18.2 Å². The Kier molecular flexibility index (Phi) is 4.35. The van der Waals surface area contributed by atoms with Gasteiger partial charge in [0.2, 0.25) is 0 Å². The molecule has 19 heavy (non-hydrogen) atoms. The van der Waals surface area contributed by atoms with Crippen LogP contribution in [0.2, 0.25) is 0 Å². The molecule has 0 amide bonds. The van der Waals surface area contributed by atoms with Crippen molar-refractivity contribution in [3.63, 3.8) is 0 Å². The van der Waals surface area contributed by atoms with Crippen LogP contribution in [0.3, 0.4) is 0 Å². The molecule has 1 aromatic heterocycles. The number of nitrogens with one attached hydrogen (secondary N) is 1. The third kappa shape index (κ3) is 2.70. The topological polar surface area (TPSA) is 77.1 Å². The average molecular weight is 373 g/mol. The Hall–Kier alpha value is -1.64. The first kappa shape index (κ1) is 13.8. The second kappa shape index (κ2) is 6.00. The number of hydrogen-bond donors (Lipinski definition) is 1. The lowest BCUT2D eigenvalue weighted by Gasteiger charge is -2.08. The number of para-hydroxylation sites is 1. The van der Waals surface area contributed by atoms with Crippen molar-refractivity contribution in [3.8, 4) is 17.0 Å². The molecule has 0 aliphatic carbocycles. The Bertz CT molecular complexity index is 598. The van der Waals surface area contributed by atoms with Gasteiger partial charge >= 0.3 is 5.97 Å². The third-order valence-electron chi connectivity index (χ3n) is 2.44. The summed E-state index contributed by atoms with van der Waals surface area (Å²) in [5.41, 5.74) is 1.28. The fourth-order valence-electron chi connectivity index (χ4n) is 1.66. The predicted octanol–water partition coefficient (Wildman–Crippen LogP) is 2.26. The van der Waals surface area contributed by atoms with Crippen molar-refractivity contribution < 1.29 is 14.3 Å². The van der Waals surface area contributed by atoms with Crippen LogP contribution in [0.15, 0.2) is 18.2 Å². The summed E-state index contributed by atoms with van der Waals surface area (Å²) in [6.45, 7) is 2.03. The molecule has 0 unspecified atom stereocenters. The van der Waals surface area contributed by atoms with Crippen molar-refractivity contribution in [1.29, 1.82) is 0 Å². The van der Waals surface area contributed by atoms with E-state index in [0.717, 1.165) is 3.57 Å². The number of carbonyl (C=O) groups excluding carboxylic acids is 1. The Labute approximate surface area is 123 Å². The van der Waals surface area contributed by atoms with E-state index in [2.05, 4.69) is 38.0 Å². The Balaban J connectivity index is 2.52. The van der Waals surface area contributed by atoms with Crippen molar-refractivity contribution in [1.82, 2.24) is 15.4 Å². The Morgan fingerprint density at radius 1 is 1.42 bits per heavy atom. The minimum Gasteiger partial charge on any atom is -0.495 e. The molecule has 1 heterocycles. The summed E-state index contributed by atoms with van der Waals surface area (Å²) in [5.74, 6) is 0.148.